The summed E-state index contributed by atoms with van der Waals surface area (Å²) in [6, 6.07) is 15.0. The van der Waals surface area contributed by atoms with Gasteiger partial charge in [0.1, 0.15) is 11.6 Å². The number of aryl methyl sites for hydroxylation is 1. The van der Waals surface area contributed by atoms with Gasteiger partial charge >= 0.3 is 0 Å². The van der Waals surface area contributed by atoms with E-state index in [0.29, 0.717) is 5.78 Å². The first-order valence-corrected chi connectivity index (χ1v) is 9.54. The van der Waals surface area contributed by atoms with E-state index in [2.05, 4.69) is 23.3 Å². The van der Waals surface area contributed by atoms with Crippen molar-refractivity contribution >= 4 is 5.78 Å². The standard InChI is InChI=1S/C23H21FN2O/c1-26-22(14-6-8-20(24)9-7-14)13-21(25-26)16-3-2-15-10-17-4-5-18(23(17)27)12-19(15)11-16/h2-3,6-9,11,13,17-18H,4-5,10,12H2,1H3/t17-,18+/m1/s1. The third-order valence-electron chi connectivity index (χ3n) is 6.12. The Morgan fingerprint density at radius 2 is 1.59 bits per heavy atom. The molecule has 0 radical (unpaired) electrons. The number of Topliss-reactive ketones (excluding diaryl/α,β-unsaturated/α-hetero) is 1. The first-order valence-electron chi connectivity index (χ1n) is 9.54. The molecular formula is C23H21FN2O. The zero-order valence-electron chi connectivity index (χ0n) is 15.3. The lowest BCUT2D eigenvalue weighted by Crippen LogP contribution is -2.13. The van der Waals surface area contributed by atoms with Crippen LogP contribution in [0.2, 0.25) is 0 Å². The molecule has 3 nitrogen and oxygen atoms in total. The molecule has 27 heavy (non-hydrogen) atoms. The van der Waals surface area contributed by atoms with Crippen LogP contribution in [0.15, 0.2) is 48.5 Å². The second-order valence-electron chi connectivity index (χ2n) is 7.81. The van der Waals surface area contributed by atoms with Crippen molar-refractivity contribution in [3.8, 4) is 22.5 Å². The smallest absolute Gasteiger partial charge is 0.139 e. The summed E-state index contributed by atoms with van der Waals surface area (Å²) < 4.78 is 15.0. The fourth-order valence-corrected chi connectivity index (χ4v) is 4.63. The van der Waals surface area contributed by atoms with E-state index < -0.39 is 0 Å². The number of benzene rings is 2. The Bertz CT molecular complexity index is 1040. The molecule has 5 rings (SSSR count). The molecule has 0 aliphatic heterocycles. The molecule has 2 atom stereocenters. The second kappa shape index (κ2) is 6.15. The van der Waals surface area contributed by atoms with Gasteiger partial charge in [0.2, 0.25) is 0 Å². The minimum Gasteiger partial charge on any atom is -0.299 e. The van der Waals surface area contributed by atoms with E-state index in [1.54, 1.807) is 12.1 Å². The molecule has 0 N–H and O–H groups in total. The molecule has 2 bridgehead atoms. The zero-order chi connectivity index (χ0) is 18.5. The number of nitrogens with zero attached hydrogens (tertiary/aromatic N) is 2. The number of hydrogen-bond donors (Lipinski definition) is 0. The van der Waals surface area contributed by atoms with Crippen LogP contribution in [-0.2, 0) is 24.7 Å². The van der Waals surface area contributed by atoms with Gasteiger partial charge in [-0.05, 0) is 78.8 Å². The molecule has 136 valence electrons. The molecule has 0 spiro atoms. The Labute approximate surface area is 157 Å². The van der Waals surface area contributed by atoms with Crippen molar-refractivity contribution in [3.05, 3.63) is 65.5 Å². The van der Waals surface area contributed by atoms with E-state index in [4.69, 9.17) is 0 Å². The Morgan fingerprint density at radius 1 is 0.926 bits per heavy atom. The lowest BCUT2D eigenvalue weighted by Gasteiger charge is -2.13. The Hall–Kier alpha value is -2.75. The number of fused-ring (bicyclic) bond motifs is 3. The maximum Gasteiger partial charge on any atom is 0.139 e. The fourth-order valence-electron chi connectivity index (χ4n) is 4.63. The van der Waals surface area contributed by atoms with Crippen molar-refractivity contribution in [3.63, 3.8) is 0 Å². The van der Waals surface area contributed by atoms with Crippen molar-refractivity contribution in [2.24, 2.45) is 18.9 Å². The van der Waals surface area contributed by atoms with Crippen LogP contribution in [-0.4, -0.2) is 15.6 Å². The van der Waals surface area contributed by atoms with Crippen LogP contribution >= 0.6 is 0 Å². The Balaban J connectivity index is 1.51. The van der Waals surface area contributed by atoms with E-state index >= 15 is 0 Å². The van der Waals surface area contributed by atoms with Gasteiger partial charge in [-0.25, -0.2) is 4.39 Å². The van der Waals surface area contributed by atoms with Crippen LogP contribution in [0, 0.1) is 17.7 Å². The number of rotatable bonds is 2. The van der Waals surface area contributed by atoms with Gasteiger partial charge in [-0.15, -0.1) is 0 Å². The van der Waals surface area contributed by atoms with E-state index in [-0.39, 0.29) is 17.7 Å². The number of carbonyl (C=O) groups is 1. The summed E-state index contributed by atoms with van der Waals surface area (Å²) in [5.41, 5.74) is 6.48. The summed E-state index contributed by atoms with van der Waals surface area (Å²) in [6.07, 6.45) is 3.82. The summed E-state index contributed by atoms with van der Waals surface area (Å²) >= 11 is 0. The van der Waals surface area contributed by atoms with Gasteiger partial charge in [-0.2, -0.15) is 5.10 Å². The minimum absolute atomic E-state index is 0.199. The van der Waals surface area contributed by atoms with Crippen molar-refractivity contribution in [2.45, 2.75) is 25.7 Å². The van der Waals surface area contributed by atoms with Crippen molar-refractivity contribution in [1.29, 1.82) is 0 Å². The van der Waals surface area contributed by atoms with Gasteiger partial charge in [0.25, 0.3) is 0 Å². The molecule has 3 aromatic rings. The molecular weight excluding hydrogens is 339 g/mol. The second-order valence-corrected chi connectivity index (χ2v) is 7.81. The highest BCUT2D eigenvalue weighted by molar-refractivity contribution is 5.87. The van der Waals surface area contributed by atoms with E-state index in [9.17, 15) is 9.18 Å². The highest BCUT2D eigenvalue weighted by Crippen LogP contribution is 2.38. The summed E-state index contributed by atoms with van der Waals surface area (Å²) in [5, 5.41) is 4.67. The van der Waals surface area contributed by atoms with Crippen LogP contribution in [0.5, 0.6) is 0 Å². The van der Waals surface area contributed by atoms with Crippen LogP contribution in [0.3, 0.4) is 0 Å². The average molecular weight is 360 g/mol. The van der Waals surface area contributed by atoms with Crippen LogP contribution in [0.1, 0.15) is 24.0 Å². The van der Waals surface area contributed by atoms with Crippen molar-refractivity contribution < 1.29 is 9.18 Å². The monoisotopic (exact) mass is 360 g/mol. The highest BCUT2D eigenvalue weighted by atomic mass is 19.1. The topological polar surface area (TPSA) is 34.9 Å². The van der Waals surface area contributed by atoms with E-state index in [0.717, 1.165) is 48.2 Å². The molecule has 1 fully saturated rings. The summed E-state index contributed by atoms with van der Waals surface area (Å²) in [4.78, 5) is 12.4. The van der Waals surface area contributed by atoms with Gasteiger partial charge < -0.3 is 0 Å². The van der Waals surface area contributed by atoms with Crippen LogP contribution < -0.4 is 0 Å². The maximum absolute atomic E-state index is 13.2. The number of ketones is 1. The Kier molecular flexibility index (Phi) is 3.74. The summed E-state index contributed by atoms with van der Waals surface area (Å²) in [6.45, 7) is 0. The van der Waals surface area contributed by atoms with Crippen LogP contribution in [0.4, 0.5) is 4.39 Å². The SMILES string of the molecule is Cn1nc(-c2ccc3c(c2)C[C@@H]2CC[C@H](C3)C2=O)cc1-c1ccc(F)cc1. The number of hydrogen-bond acceptors (Lipinski definition) is 2. The number of aromatic nitrogens is 2. The van der Waals surface area contributed by atoms with Gasteiger partial charge in [0.05, 0.1) is 11.4 Å². The predicted octanol–water partition coefficient (Wildman–Crippen LogP) is 4.59. The zero-order valence-corrected chi connectivity index (χ0v) is 15.3. The lowest BCUT2D eigenvalue weighted by molar-refractivity contribution is -0.123. The van der Waals surface area contributed by atoms with Gasteiger partial charge in [-0.3, -0.25) is 9.48 Å². The third kappa shape index (κ3) is 2.80. The predicted molar refractivity (Wildman–Crippen MR) is 103 cm³/mol. The summed E-state index contributed by atoms with van der Waals surface area (Å²) in [7, 11) is 1.91. The van der Waals surface area contributed by atoms with Gasteiger partial charge in [-0.1, -0.05) is 12.1 Å². The van der Waals surface area contributed by atoms with Crippen molar-refractivity contribution in [2.75, 3.05) is 0 Å². The van der Waals surface area contributed by atoms with Gasteiger partial charge in [0.15, 0.2) is 0 Å². The molecule has 1 heterocycles. The molecule has 2 aliphatic rings. The average Bonchev–Trinajstić information content (AvgIpc) is 3.15. The minimum atomic E-state index is -0.240. The largest absolute Gasteiger partial charge is 0.299 e. The molecule has 2 aromatic carbocycles. The molecule has 4 heteroatoms. The summed E-state index contributed by atoms with van der Waals surface area (Å²) in [5.74, 6) is 0.645. The molecule has 1 saturated carbocycles. The van der Waals surface area contributed by atoms with Gasteiger partial charge in [0, 0.05) is 24.4 Å². The third-order valence-corrected chi connectivity index (χ3v) is 6.12. The quantitative estimate of drug-likeness (QED) is 0.670. The molecule has 2 aliphatic carbocycles. The van der Waals surface area contributed by atoms with E-state index in [1.165, 1.54) is 23.3 Å². The van der Waals surface area contributed by atoms with E-state index in [1.807, 2.05) is 17.8 Å². The molecule has 0 saturated heterocycles. The lowest BCUT2D eigenvalue weighted by atomic mass is 9.91. The van der Waals surface area contributed by atoms with Crippen LogP contribution in [0.25, 0.3) is 22.5 Å². The molecule has 0 amide bonds. The fraction of sp³-hybridized carbons (Fsp3) is 0.304. The first-order chi connectivity index (χ1) is 13.1. The molecule has 0 unspecified atom stereocenters. The number of carbonyl (C=O) groups excluding carboxylic acids is 1. The normalized spacial score (nSPS) is 21.2. The Morgan fingerprint density at radius 3 is 2.33 bits per heavy atom. The highest BCUT2D eigenvalue weighted by Gasteiger charge is 2.37. The molecule has 1 aromatic heterocycles. The maximum atomic E-state index is 13.2. The van der Waals surface area contributed by atoms with Crippen molar-refractivity contribution in [1.82, 2.24) is 9.78 Å². The first kappa shape index (κ1) is 16.4. The number of halogens is 1.